The van der Waals surface area contributed by atoms with Crippen LogP contribution in [0.2, 0.25) is 0 Å². The van der Waals surface area contributed by atoms with Gasteiger partial charge in [0.25, 0.3) is 0 Å². The summed E-state index contributed by atoms with van der Waals surface area (Å²) in [6, 6.07) is 9.89. The molecule has 1 radical (unpaired) electrons. The van der Waals surface area contributed by atoms with Gasteiger partial charge in [-0.1, -0.05) is 42.6 Å². The summed E-state index contributed by atoms with van der Waals surface area (Å²) in [4.78, 5) is 0. The summed E-state index contributed by atoms with van der Waals surface area (Å²) in [5.41, 5.74) is 4.35. The molecule has 14 heavy (non-hydrogen) atoms. The quantitative estimate of drug-likeness (QED) is 0.397. The third kappa shape index (κ3) is 2.96. The smallest absolute Gasteiger partial charge is 0.165 e. The molecule has 0 aliphatic rings. The highest BCUT2D eigenvalue weighted by Crippen LogP contribution is 2.10. The molecule has 0 heterocycles. The van der Waals surface area contributed by atoms with Crippen LogP contribution < -0.4 is 0 Å². The molecule has 1 heteroatoms. The van der Waals surface area contributed by atoms with Crippen molar-refractivity contribution in [3.05, 3.63) is 66.1 Å². The zero-order valence-electron chi connectivity index (χ0n) is 8.29. The largest absolute Gasteiger partial charge is 0.481 e. The van der Waals surface area contributed by atoms with Gasteiger partial charge in [-0.15, -0.1) is 0 Å². The summed E-state index contributed by atoms with van der Waals surface area (Å²) in [5.74, 6) is 0.522. The van der Waals surface area contributed by atoms with Crippen molar-refractivity contribution in [1.82, 2.24) is 0 Å². The van der Waals surface area contributed by atoms with E-state index >= 15 is 0 Å². The molecule has 0 bridgehead atoms. The zero-order chi connectivity index (χ0) is 10.4. The number of benzene rings is 1. The Hall–Kier alpha value is -1.72. The number of ether oxygens (including phenoxy) is 1. The summed E-state index contributed by atoms with van der Waals surface area (Å²) < 4.78 is 5.42. The topological polar surface area (TPSA) is 9.23 Å². The molecule has 0 spiro atoms. The zero-order valence-corrected chi connectivity index (χ0v) is 8.29. The normalized spacial score (nSPS) is 8.93. The van der Waals surface area contributed by atoms with E-state index in [2.05, 4.69) is 12.3 Å². The third-order valence-electron chi connectivity index (χ3n) is 1.74. The van der Waals surface area contributed by atoms with Crippen molar-refractivity contribution in [1.29, 1.82) is 0 Å². The minimum Gasteiger partial charge on any atom is -0.481 e. The van der Waals surface area contributed by atoms with Crippen LogP contribution in [0.5, 0.6) is 0 Å². The van der Waals surface area contributed by atoms with E-state index in [-0.39, 0.29) is 0 Å². The van der Waals surface area contributed by atoms with Crippen molar-refractivity contribution in [3.63, 3.8) is 0 Å². The van der Waals surface area contributed by atoms with Gasteiger partial charge in [0.1, 0.15) is 6.61 Å². The average Bonchev–Trinajstić information content (AvgIpc) is 2.20. The molecule has 1 aromatic carbocycles. The molecule has 0 amide bonds. The number of hydrogen-bond acceptors (Lipinski definition) is 1. The van der Waals surface area contributed by atoms with Crippen molar-refractivity contribution in [2.24, 2.45) is 0 Å². The second-order valence-corrected chi connectivity index (χ2v) is 3.03. The van der Waals surface area contributed by atoms with Gasteiger partial charge in [-0.25, -0.2) is 0 Å². The lowest BCUT2D eigenvalue weighted by atomic mass is 10.2. The lowest BCUT2D eigenvalue weighted by Gasteiger charge is -2.07. The fourth-order valence-electron chi connectivity index (χ4n) is 1.02. The van der Waals surface area contributed by atoms with Gasteiger partial charge >= 0.3 is 0 Å². The van der Waals surface area contributed by atoms with Crippen molar-refractivity contribution < 1.29 is 4.74 Å². The first kappa shape index (κ1) is 10.4. The summed E-state index contributed by atoms with van der Waals surface area (Å²) in [5, 5.41) is 0. The van der Waals surface area contributed by atoms with Crippen LogP contribution in [-0.4, -0.2) is 0 Å². The molecule has 1 nitrogen and oxygen atoms in total. The highest BCUT2D eigenvalue weighted by Gasteiger charge is 1.98. The molecule has 1 rings (SSSR count). The molecule has 0 aliphatic heterocycles. The van der Waals surface area contributed by atoms with Crippen LogP contribution in [0.25, 0.3) is 0 Å². The Labute approximate surface area is 85.0 Å². The van der Waals surface area contributed by atoms with E-state index in [4.69, 9.17) is 11.3 Å². The first-order chi connectivity index (χ1) is 6.74. The Bertz CT molecular complexity index is 356. The second kappa shape index (κ2) is 5.11. The maximum Gasteiger partial charge on any atom is 0.165 e. The first-order valence-electron chi connectivity index (χ1n) is 4.40. The van der Waals surface area contributed by atoms with E-state index < -0.39 is 0 Å². The minimum atomic E-state index is 0.493. The van der Waals surface area contributed by atoms with Crippen LogP contribution in [0.15, 0.2) is 54.0 Å². The van der Waals surface area contributed by atoms with Gasteiger partial charge in [-0.2, -0.15) is 0 Å². The van der Waals surface area contributed by atoms with E-state index in [1.807, 2.05) is 37.3 Å². The van der Waals surface area contributed by atoms with Crippen LogP contribution in [-0.2, 0) is 11.3 Å². The maximum atomic E-state index is 5.42. The maximum absolute atomic E-state index is 5.42. The highest BCUT2D eigenvalue weighted by atomic mass is 16.5. The molecule has 0 N–H and O–H groups in total. The lowest BCUT2D eigenvalue weighted by molar-refractivity contribution is 0.207. The fourth-order valence-corrected chi connectivity index (χ4v) is 1.02. The van der Waals surface area contributed by atoms with Crippen LogP contribution in [0, 0.1) is 6.58 Å². The first-order valence-corrected chi connectivity index (χ1v) is 4.40. The molecule has 0 saturated carbocycles. The van der Waals surface area contributed by atoms with Crippen LogP contribution in [0.1, 0.15) is 12.5 Å². The molecule has 71 valence electrons. The van der Waals surface area contributed by atoms with Gasteiger partial charge in [-0.05, 0) is 24.6 Å². The van der Waals surface area contributed by atoms with Crippen LogP contribution in [0.3, 0.4) is 0 Å². The average molecular weight is 185 g/mol. The van der Waals surface area contributed by atoms with Gasteiger partial charge in [0, 0.05) is 0 Å². The fraction of sp³-hybridized carbons (Fsp3) is 0.154. The Kier molecular flexibility index (Phi) is 3.78. The Morgan fingerprint density at radius 2 is 2.07 bits per heavy atom. The Balaban J connectivity index is 2.57. The van der Waals surface area contributed by atoms with E-state index in [0.717, 1.165) is 11.1 Å². The minimum absolute atomic E-state index is 0.493. The van der Waals surface area contributed by atoms with E-state index in [9.17, 15) is 0 Å². The number of rotatable bonds is 4. The molecular formula is C13H13O. The molecular weight excluding hydrogens is 172 g/mol. The van der Waals surface area contributed by atoms with Crippen molar-refractivity contribution >= 4 is 0 Å². The molecule has 0 unspecified atom stereocenters. The number of hydrogen-bond donors (Lipinski definition) is 0. The predicted molar refractivity (Wildman–Crippen MR) is 57.4 cm³/mol. The summed E-state index contributed by atoms with van der Waals surface area (Å²) in [6.45, 7) is 11.3. The summed E-state index contributed by atoms with van der Waals surface area (Å²) in [6.07, 6.45) is 0. The Morgan fingerprint density at radius 1 is 1.43 bits per heavy atom. The molecule has 0 saturated heterocycles. The van der Waals surface area contributed by atoms with Gasteiger partial charge in [-0.3, -0.25) is 0 Å². The van der Waals surface area contributed by atoms with Crippen molar-refractivity contribution in [3.8, 4) is 0 Å². The molecule has 1 aromatic rings. The van der Waals surface area contributed by atoms with E-state index in [0.29, 0.717) is 12.4 Å². The molecule has 0 fully saturated rings. The van der Waals surface area contributed by atoms with Gasteiger partial charge in [0.2, 0.25) is 0 Å². The van der Waals surface area contributed by atoms with Crippen molar-refractivity contribution in [2.75, 3.05) is 0 Å². The van der Waals surface area contributed by atoms with Gasteiger partial charge < -0.3 is 4.74 Å². The van der Waals surface area contributed by atoms with Crippen LogP contribution >= 0.6 is 0 Å². The third-order valence-corrected chi connectivity index (χ3v) is 1.74. The van der Waals surface area contributed by atoms with Gasteiger partial charge in [0.15, 0.2) is 5.76 Å². The van der Waals surface area contributed by atoms with Gasteiger partial charge in [0.05, 0.1) is 0 Å². The number of allylic oxidation sites excluding steroid dienone is 1. The molecule has 0 atom stereocenters. The molecule has 0 aromatic heterocycles. The van der Waals surface area contributed by atoms with E-state index in [1.54, 1.807) is 0 Å². The SMILES string of the molecule is [CH]=C=C(OCc1ccccc1)C(=C)C. The summed E-state index contributed by atoms with van der Waals surface area (Å²) in [7, 11) is 0. The monoisotopic (exact) mass is 185 g/mol. The lowest BCUT2D eigenvalue weighted by Crippen LogP contribution is -1.93. The predicted octanol–water partition coefficient (Wildman–Crippen LogP) is 3.25. The van der Waals surface area contributed by atoms with Crippen LogP contribution in [0.4, 0.5) is 0 Å². The second-order valence-electron chi connectivity index (χ2n) is 3.03. The van der Waals surface area contributed by atoms with Crippen molar-refractivity contribution in [2.45, 2.75) is 13.5 Å². The standard InChI is InChI=1S/C13H13O/c1-4-13(11(2)3)14-10-12-8-6-5-7-9-12/h1,5-9H,2,10H2,3H3. The Morgan fingerprint density at radius 3 is 2.57 bits per heavy atom. The highest BCUT2D eigenvalue weighted by molar-refractivity contribution is 5.19. The summed E-state index contributed by atoms with van der Waals surface area (Å²) >= 11 is 0. The molecule has 0 aliphatic carbocycles. The van der Waals surface area contributed by atoms with E-state index in [1.165, 1.54) is 0 Å².